The fraction of sp³-hybridized carbons (Fsp3) is 1.00. The molecular formula is C11H22. The zero-order chi connectivity index (χ0) is 8.43. The molecule has 1 rings (SSSR count). The third-order valence-electron chi connectivity index (χ3n) is 3.58. The van der Waals surface area contributed by atoms with Crippen LogP contribution in [0.5, 0.6) is 0 Å². The van der Waals surface area contributed by atoms with Gasteiger partial charge in [-0.15, -0.1) is 0 Å². The summed E-state index contributed by atoms with van der Waals surface area (Å²) < 4.78 is 0. The van der Waals surface area contributed by atoms with Crippen molar-refractivity contribution >= 4 is 0 Å². The van der Waals surface area contributed by atoms with E-state index in [1.54, 1.807) is 0 Å². The fourth-order valence-corrected chi connectivity index (χ4v) is 2.72. The first-order valence-electron chi connectivity index (χ1n) is 5.20. The van der Waals surface area contributed by atoms with Gasteiger partial charge >= 0.3 is 0 Å². The maximum Gasteiger partial charge on any atom is -0.0357 e. The molecule has 0 radical (unpaired) electrons. The van der Waals surface area contributed by atoms with Crippen LogP contribution in [0, 0.1) is 23.7 Å². The summed E-state index contributed by atoms with van der Waals surface area (Å²) in [6, 6.07) is 0. The van der Waals surface area contributed by atoms with Gasteiger partial charge in [0.15, 0.2) is 0 Å². The third kappa shape index (κ3) is 1.60. The Hall–Kier alpha value is 0. The smallest absolute Gasteiger partial charge is 0.0357 e. The normalized spacial score (nSPS) is 37.4. The standard InChI is InChI=1S/C11H22/c1-5-9-7-11(8(3)4)10(9)6-2/h8-11H,5-7H2,1-4H3. The van der Waals surface area contributed by atoms with Crippen LogP contribution in [0.1, 0.15) is 47.0 Å². The van der Waals surface area contributed by atoms with E-state index in [1.165, 1.54) is 19.3 Å². The second-order valence-electron chi connectivity index (χ2n) is 4.38. The Balaban J connectivity index is 2.39. The van der Waals surface area contributed by atoms with E-state index < -0.39 is 0 Å². The Bertz CT molecular complexity index is 115. The van der Waals surface area contributed by atoms with E-state index in [0.717, 1.165) is 23.7 Å². The lowest BCUT2D eigenvalue weighted by molar-refractivity contribution is 0.0291. The van der Waals surface area contributed by atoms with Crippen molar-refractivity contribution in [1.29, 1.82) is 0 Å². The minimum absolute atomic E-state index is 0.919. The minimum Gasteiger partial charge on any atom is -0.0651 e. The second-order valence-corrected chi connectivity index (χ2v) is 4.38. The van der Waals surface area contributed by atoms with E-state index >= 15 is 0 Å². The molecule has 1 aliphatic carbocycles. The van der Waals surface area contributed by atoms with Crippen LogP contribution in [0.2, 0.25) is 0 Å². The van der Waals surface area contributed by atoms with Crippen LogP contribution in [-0.2, 0) is 0 Å². The van der Waals surface area contributed by atoms with E-state index in [-0.39, 0.29) is 0 Å². The summed E-state index contributed by atoms with van der Waals surface area (Å²) in [4.78, 5) is 0. The van der Waals surface area contributed by atoms with Gasteiger partial charge in [-0.25, -0.2) is 0 Å². The monoisotopic (exact) mass is 154 g/mol. The summed E-state index contributed by atoms with van der Waals surface area (Å²) in [6.45, 7) is 9.43. The quantitative estimate of drug-likeness (QED) is 0.581. The van der Waals surface area contributed by atoms with Gasteiger partial charge in [0, 0.05) is 0 Å². The maximum atomic E-state index is 2.37. The Morgan fingerprint density at radius 2 is 1.82 bits per heavy atom. The van der Waals surface area contributed by atoms with Crippen molar-refractivity contribution in [2.24, 2.45) is 23.7 Å². The van der Waals surface area contributed by atoms with Crippen LogP contribution < -0.4 is 0 Å². The summed E-state index contributed by atoms with van der Waals surface area (Å²) in [7, 11) is 0. The van der Waals surface area contributed by atoms with E-state index in [9.17, 15) is 0 Å². The van der Waals surface area contributed by atoms with Gasteiger partial charge in [0.1, 0.15) is 0 Å². The zero-order valence-corrected chi connectivity index (χ0v) is 8.43. The van der Waals surface area contributed by atoms with Gasteiger partial charge in [-0.3, -0.25) is 0 Å². The van der Waals surface area contributed by atoms with E-state index in [1.807, 2.05) is 0 Å². The Kier molecular flexibility index (Phi) is 2.98. The maximum absolute atomic E-state index is 2.37. The molecule has 11 heavy (non-hydrogen) atoms. The Morgan fingerprint density at radius 3 is 2.18 bits per heavy atom. The first-order valence-corrected chi connectivity index (χ1v) is 5.20. The molecule has 0 spiro atoms. The molecule has 0 N–H and O–H groups in total. The van der Waals surface area contributed by atoms with Crippen molar-refractivity contribution in [3.8, 4) is 0 Å². The summed E-state index contributed by atoms with van der Waals surface area (Å²) in [5, 5.41) is 0. The van der Waals surface area contributed by atoms with E-state index in [0.29, 0.717) is 0 Å². The summed E-state index contributed by atoms with van der Waals surface area (Å²) >= 11 is 0. The topological polar surface area (TPSA) is 0 Å². The van der Waals surface area contributed by atoms with Crippen molar-refractivity contribution in [3.05, 3.63) is 0 Å². The molecule has 1 saturated carbocycles. The molecule has 0 bridgehead atoms. The Labute approximate surface area is 71.4 Å². The average molecular weight is 154 g/mol. The number of hydrogen-bond donors (Lipinski definition) is 0. The van der Waals surface area contributed by atoms with Gasteiger partial charge in [0.2, 0.25) is 0 Å². The summed E-state index contributed by atoms with van der Waals surface area (Å²) in [5.41, 5.74) is 0. The molecule has 0 nitrogen and oxygen atoms in total. The lowest BCUT2D eigenvalue weighted by Crippen LogP contribution is -2.38. The van der Waals surface area contributed by atoms with Gasteiger partial charge in [-0.2, -0.15) is 0 Å². The van der Waals surface area contributed by atoms with Gasteiger partial charge < -0.3 is 0 Å². The molecule has 3 atom stereocenters. The fourth-order valence-electron chi connectivity index (χ4n) is 2.72. The van der Waals surface area contributed by atoms with Crippen molar-refractivity contribution in [3.63, 3.8) is 0 Å². The molecule has 0 aliphatic heterocycles. The van der Waals surface area contributed by atoms with Gasteiger partial charge in [0.25, 0.3) is 0 Å². The molecule has 3 unspecified atom stereocenters. The lowest BCUT2D eigenvalue weighted by Gasteiger charge is -2.47. The van der Waals surface area contributed by atoms with Crippen molar-refractivity contribution in [2.75, 3.05) is 0 Å². The van der Waals surface area contributed by atoms with Crippen molar-refractivity contribution in [1.82, 2.24) is 0 Å². The Morgan fingerprint density at radius 1 is 1.18 bits per heavy atom. The second kappa shape index (κ2) is 3.60. The average Bonchev–Trinajstić information content (AvgIpc) is 1.86. The SMILES string of the molecule is CCC1CC(C(C)C)C1CC. The molecule has 0 aromatic carbocycles. The highest BCUT2D eigenvalue weighted by Gasteiger charge is 2.39. The van der Waals surface area contributed by atoms with Gasteiger partial charge in [-0.1, -0.05) is 40.5 Å². The van der Waals surface area contributed by atoms with Gasteiger partial charge in [0.05, 0.1) is 0 Å². The minimum atomic E-state index is 0.919. The first-order chi connectivity index (χ1) is 5.20. The molecule has 0 aromatic heterocycles. The zero-order valence-electron chi connectivity index (χ0n) is 8.43. The predicted molar refractivity (Wildman–Crippen MR) is 50.5 cm³/mol. The first kappa shape index (κ1) is 9.09. The molecule has 0 heteroatoms. The van der Waals surface area contributed by atoms with E-state index in [4.69, 9.17) is 0 Å². The van der Waals surface area contributed by atoms with Crippen LogP contribution in [0.15, 0.2) is 0 Å². The molecule has 1 fully saturated rings. The van der Waals surface area contributed by atoms with Crippen LogP contribution in [0.3, 0.4) is 0 Å². The summed E-state index contributed by atoms with van der Waals surface area (Å²) in [5.74, 6) is 4.08. The van der Waals surface area contributed by atoms with E-state index in [2.05, 4.69) is 27.7 Å². The molecule has 0 saturated heterocycles. The largest absolute Gasteiger partial charge is 0.0651 e. The van der Waals surface area contributed by atoms with Crippen LogP contribution in [0.25, 0.3) is 0 Å². The van der Waals surface area contributed by atoms with Crippen molar-refractivity contribution < 1.29 is 0 Å². The molecule has 0 heterocycles. The van der Waals surface area contributed by atoms with Crippen molar-refractivity contribution in [2.45, 2.75) is 47.0 Å². The number of hydrogen-bond acceptors (Lipinski definition) is 0. The highest BCUT2D eigenvalue weighted by molar-refractivity contribution is 4.88. The van der Waals surface area contributed by atoms with Crippen LogP contribution >= 0.6 is 0 Å². The van der Waals surface area contributed by atoms with Gasteiger partial charge in [-0.05, 0) is 30.1 Å². The predicted octanol–water partition coefficient (Wildman–Crippen LogP) is 3.71. The number of rotatable bonds is 3. The lowest BCUT2D eigenvalue weighted by atomic mass is 9.59. The molecule has 0 amide bonds. The molecule has 0 aromatic rings. The molecule has 1 aliphatic rings. The molecule has 66 valence electrons. The highest BCUT2D eigenvalue weighted by atomic mass is 14.4. The third-order valence-corrected chi connectivity index (χ3v) is 3.58. The molecular weight excluding hydrogens is 132 g/mol. The van der Waals surface area contributed by atoms with Crippen LogP contribution in [0.4, 0.5) is 0 Å². The summed E-state index contributed by atoms with van der Waals surface area (Å²) in [6.07, 6.45) is 4.32. The highest BCUT2D eigenvalue weighted by Crippen LogP contribution is 2.47. The van der Waals surface area contributed by atoms with Crippen LogP contribution in [-0.4, -0.2) is 0 Å².